The highest BCUT2D eigenvalue weighted by atomic mass is 19.4. The third-order valence-corrected chi connectivity index (χ3v) is 5.92. The van der Waals surface area contributed by atoms with Gasteiger partial charge in [-0.15, -0.1) is 0 Å². The van der Waals surface area contributed by atoms with Crippen molar-refractivity contribution in [2.75, 3.05) is 18.5 Å². The van der Waals surface area contributed by atoms with Crippen LogP contribution in [0.2, 0.25) is 0 Å². The van der Waals surface area contributed by atoms with Gasteiger partial charge in [0.2, 0.25) is 0 Å². The van der Waals surface area contributed by atoms with Crippen LogP contribution in [0.1, 0.15) is 55.4 Å². The summed E-state index contributed by atoms with van der Waals surface area (Å²) in [6, 6.07) is -2.10. The van der Waals surface area contributed by atoms with Crippen LogP contribution in [0.3, 0.4) is 0 Å². The molecule has 5 rings (SSSR count). The number of aromatic nitrogens is 2. The minimum atomic E-state index is -4.40. The van der Waals surface area contributed by atoms with Crippen molar-refractivity contribution in [3.05, 3.63) is 11.8 Å². The van der Waals surface area contributed by atoms with Crippen LogP contribution in [-0.2, 0) is 4.74 Å². The molecule has 0 radical (unpaired) electrons. The molecule has 3 fully saturated rings. The van der Waals surface area contributed by atoms with Crippen molar-refractivity contribution in [2.45, 2.75) is 63.4 Å². The van der Waals surface area contributed by atoms with E-state index in [4.69, 9.17) is 4.74 Å². The molecule has 6 nitrogen and oxygen atoms in total. The zero-order valence-electron chi connectivity index (χ0n) is 14.6. The van der Waals surface area contributed by atoms with Gasteiger partial charge in [0.15, 0.2) is 6.04 Å². The number of ether oxygens (including phenoxy) is 1. The highest BCUT2D eigenvalue weighted by molar-refractivity contribution is 5.98. The second kappa shape index (κ2) is 6.14. The first-order valence-electron chi connectivity index (χ1n) is 9.08. The average Bonchev–Trinajstić information content (AvgIpc) is 3.03. The van der Waals surface area contributed by atoms with Crippen LogP contribution in [0.25, 0.3) is 0 Å². The quantitative estimate of drug-likeness (QED) is 0.856. The van der Waals surface area contributed by atoms with Crippen LogP contribution in [0, 0.1) is 5.41 Å². The van der Waals surface area contributed by atoms with Gasteiger partial charge in [0.05, 0.1) is 18.9 Å². The second-order valence-corrected chi connectivity index (χ2v) is 7.88. The molecule has 0 spiro atoms. The summed E-state index contributed by atoms with van der Waals surface area (Å²) < 4.78 is 46.5. The summed E-state index contributed by atoms with van der Waals surface area (Å²) in [7, 11) is 0. The first-order valence-corrected chi connectivity index (χ1v) is 9.08. The van der Waals surface area contributed by atoms with Crippen molar-refractivity contribution >= 4 is 11.7 Å². The first kappa shape index (κ1) is 17.6. The highest BCUT2D eigenvalue weighted by Crippen LogP contribution is 2.43. The van der Waals surface area contributed by atoms with Crippen LogP contribution in [0.5, 0.6) is 0 Å². The largest absolute Gasteiger partial charge is 0.410 e. The molecule has 2 bridgehead atoms. The summed E-state index contributed by atoms with van der Waals surface area (Å²) in [5.41, 5.74) is 0.111. The van der Waals surface area contributed by atoms with Crippen LogP contribution < -0.4 is 10.6 Å². The van der Waals surface area contributed by atoms with Gasteiger partial charge in [-0.1, -0.05) is 0 Å². The van der Waals surface area contributed by atoms with Crippen LogP contribution in [0.4, 0.5) is 19.0 Å². The Labute approximate surface area is 149 Å². The van der Waals surface area contributed by atoms with Crippen molar-refractivity contribution in [2.24, 2.45) is 5.41 Å². The number of carbonyl (C=O) groups excluding carboxylic acids is 1. The molecule has 2 N–H and O–H groups in total. The van der Waals surface area contributed by atoms with Gasteiger partial charge in [-0.25, -0.2) is 4.68 Å². The molecule has 26 heavy (non-hydrogen) atoms. The maximum Gasteiger partial charge on any atom is 0.410 e. The lowest BCUT2D eigenvalue weighted by molar-refractivity contribution is -0.173. The fourth-order valence-electron chi connectivity index (χ4n) is 4.31. The molecule has 9 heteroatoms. The number of fused-ring (bicyclic) bond motifs is 4. The Morgan fingerprint density at radius 3 is 2.81 bits per heavy atom. The van der Waals surface area contributed by atoms with Gasteiger partial charge in [-0.3, -0.25) is 4.79 Å². The van der Waals surface area contributed by atoms with Crippen LogP contribution in [-0.4, -0.2) is 47.2 Å². The van der Waals surface area contributed by atoms with Gasteiger partial charge in [-0.2, -0.15) is 18.3 Å². The van der Waals surface area contributed by atoms with E-state index in [0.717, 1.165) is 30.4 Å². The van der Waals surface area contributed by atoms with E-state index < -0.39 is 24.2 Å². The zero-order chi connectivity index (χ0) is 18.5. The van der Waals surface area contributed by atoms with Crippen LogP contribution in [0.15, 0.2) is 6.20 Å². The maximum atomic E-state index is 13.3. The normalized spacial score (nSPS) is 33.5. The Balaban J connectivity index is 1.50. The van der Waals surface area contributed by atoms with Gasteiger partial charge < -0.3 is 15.4 Å². The number of anilines is 1. The Morgan fingerprint density at radius 1 is 1.46 bits per heavy atom. The molecule has 3 aliphatic heterocycles. The molecule has 1 amide bonds. The highest BCUT2D eigenvalue weighted by Gasteiger charge is 2.46. The number of amides is 1. The minimum Gasteiger partial charge on any atom is -0.378 e. The van der Waals surface area contributed by atoms with Crippen molar-refractivity contribution in [3.63, 3.8) is 0 Å². The Hall–Kier alpha value is -1.77. The number of hydrogen-bond acceptors (Lipinski definition) is 4. The number of rotatable bonds is 3. The summed E-state index contributed by atoms with van der Waals surface area (Å²) in [5.74, 6) is -0.250. The van der Waals surface area contributed by atoms with E-state index in [1.54, 1.807) is 6.92 Å². The fraction of sp³-hybridized carbons (Fsp3) is 0.765. The molecule has 4 heterocycles. The van der Waals surface area contributed by atoms with E-state index in [1.165, 1.54) is 6.20 Å². The lowest BCUT2D eigenvalue weighted by Gasteiger charge is -2.46. The standard InChI is InChI=1S/C17H23F3N4O2/c1-10-6-13(17(18,19)20)24-14(23-10)12(7-22-24)15(25)21-8-16-4-2-11(3-5-16)26-9-16/h7,10-11,13,23H,2-6,8-9H2,1H3,(H,21,25)/t10-,11?,13-,16?/m1/s1. The number of carbonyl (C=O) groups is 1. The molecule has 0 unspecified atom stereocenters. The zero-order valence-corrected chi connectivity index (χ0v) is 14.6. The monoisotopic (exact) mass is 372 g/mol. The lowest BCUT2D eigenvalue weighted by atomic mass is 9.71. The summed E-state index contributed by atoms with van der Waals surface area (Å²) in [6.45, 7) is 2.78. The van der Waals surface area contributed by atoms with Crippen molar-refractivity contribution in [3.8, 4) is 0 Å². The van der Waals surface area contributed by atoms with E-state index in [9.17, 15) is 18.0 Å². The molecule has 2 atom stereocenters. The SMILES string of the molecule is C[C@@H]1C[C@H](C(F)(F)F)n2ncc(C(=O)NCC34CCC(CC3)OC4)c2N1. The Bertz CT molecular complexity index is 681. The topological polar surface area (TPSA) is 68.2 Å². The molecule has 1 aromatic heterocycles. The smallest absolute Gasteiger partial charge is 0.378 e. The molecule has 0 aromatic carbocycles. The predicted octanol–water partition coefficient (Wildman–Crippen LogP) is 2.88. The predicted molar refractivity (Wildman–Crippen MR) is 88.0 cm³/mol. The molecular weight excluding hydrogens is 349 g/mol. The molecule has 1 aliphatic carbocycles. The van der Waals surface area contributed by atoms with E-state index in [0.29, 0.717) is 19.3 Å². The summed E-state index contributed by atoms with van der Waals surface area (Å²) in [6.07, 6.45) is 1.09. The van der Waals surface area contributed by atoms with Crippen LogP contribution >= 0.6 is 0 Å². The number of nitrogens with one attached hydrogen (secondary N) is 2. The number of alkyl halides is 3. The third kappa shape index (κ3) is 3.06. The Morgan fingerprint density at radius 2 is 2.19 bits per heavy atom. The molecule has 4 aliphatic rings. The van der Waals surface area contributed by atoms with Gasteiger partial charge >= 0.3 is 6.18 Å². The first-order chi connectivity index (χ1) is 12.3. The molecular formula is C17H23F3N4O2. The Kier molecular flexibility index (Phi) is 4.17. The summed E-state index contributed by atoms with van der Waals surface area (Å²) in [5, 5.41) is 9.72. The van der Waals surface area contributed by atoms with Crippen molar-refractivity contribution in [1.29, 1.82) is 0 Å². The average molecular weight is 372 g/mol. The lowest BCUT2D eigenvalue weighted by Crippen LogP contribution is -2.49. The second-order valence-electron chi connectivity index (χ2n) is 7.88. The van der Waals surface area contributed by atoms with E-state index in [-0.39, 0.29) is 23.2 Å². The van der Waals surface area contributed by atoms with Gasteiger partial charge in [0.1, 0.15) is 11.4 Å². The summed E-state index contributed by atoms with van der Waals surface area (Å²) in [4.78, 5) is 12.6. The molecule has 1 saturated carbocycles. The third-order valence-electron chi connectivity index (χ3n) is 5.92. The van der Waals surface area contributed by atoms with Crippen molar-refractivity contribution in [1.82, 2.24) is 15.1 Å². The minimum absolute atomic E-state index is 0.0487. The van der Waals surface area contributed by atoms with Crippen molar-refractivity contribution < 1.29 is 22.7 Å². The van der Waals surface area contributed by atoms with E-state index in [2.05, 4.69) is 15.7 Å². The van der Waals surface area contributed by atoms with Gasteiger partial charge in [0, 0.05) is 18.0 Å². The van der Waals surface area contributed by atoms with Gasteiger partial charge in [-0.05, 0) is 39.0 Å². The van der Waals surface area contributed by atoms with Gasteiger partial charge in [0.25, 0.3) is 5.91 Å². The molecule has 2 saturated heterocycles. The maximum absolute atomic E-state index is 13.3. The van der Waals surface area contributed by atoms with E-state index in [1.807, 2.05) is 0 Å². The van der Waals surface area contributed by atoms with E-state index >= 15 is 0 Å². The molecule has 144 valence electrons. The number of nitrogens with zero attached hydrogens (tertiary/aromatic N) is 2. The fourth-order valence-corrected chi connectivity index (χ4v) is 4.31. The summed E-state index contributed by atoms with van der Waals surface area (Å²) >= 11 is 0. The molecule has 1 aromatic rings. The number of hydrogen-bond donors (Lipinski definition) is 2. The number of halogens is 3.